The number of hydrogen-bond acceptors (Lipinski definition) is 2. The molecule has 3 rings (SSSR count). The Labute approximate surface area is 148 Å². The van der Waals surface area contributed by atoms with Crippen LogP contribution in [0.1, 0.15) is 38.7 Å². The highest BCUT2D eigenvalue weighted by molar-refractivity contribution is 5.67. The maximum absolute atomic E-state index is 13.0. The number of nitrogens with one attached hydrogen (secondary N) is 1. The fraction of sp³-hybridized carbons (Fsp3) is 0.381. The van der Waals surface area contributed by atoms with E-state index in [4.69, 9.17) is 4.74 Å². The van der Waals surface area contributed by atoms with Gasteiger partial charge in [-0.2, -0.15) is 0 Å². The molecule has 0 heterocycles. The van der Waals surface area contributed by atoms with E-state index in [-0.39, 0.29) is 11.9 Å². The van der Waals surface area contributed by atoms with Crippen LogP contribution in [0.25, 0.3) is 11.1 Å². The summed E-state index contributed by atoms with van der Waals surface area (Å²) in [6, 6.07) is 14.9. The topological polar surface area (TPSA) is 38.3 Å². The lowest BCUT2D eigenvalue weighted by Gasteiger charge is -2.19. The molecule has 25 heavy (non-hydrogen) atoms. The molecule has 1 aliphatic rings. The number of amides is 1. The Morgan fingerprint density at radius 1 is 1.08 bits per heavy atom. The number of carbonyl (C=O) groups excluding carboxylic acids is 1. The lowest BCUT2D eigenvalue weighted by atomic mass is 10.0. The van der Waals surface area contributed by atoms with Crippen molar-refractivity contribution in [3.05, 3.63) is 59.9 Å². The number of halogens is 1. The van der Waals surface area contributed by atoms with Crippen LogP contribution in [0.3, 0.4) is 0 Å². The van der Waals surface area contributed by atoms with E-state index in [1.54, 1.807) is 12.1 Å². The molecule has 2 atom stereocenters. The molecule has 1 saturated carbocycles. The predicted octanol–water partition coefficient (Wildman–Crippen LogP) is 5.12. The summed E-state index contributed by atoms with van der Waals surface area (Å²) in [5.74, 6) is 0.722. The summed E-state index contributed by atoms with van der Waals surface area (Å²) in [5, 5.41) is 2.85. The van der Waals surface area contributed by atoms with Crippen LogP contribution >= 0.6 is 0 Å². The molecule has 0 spiro atoms. The molecule has 2 aromatic rings. The van der Waals surface area contributed by atoms with Crippen molar-refractivity contribution in [1.82, 2.24) is 5.32 Å². The monoisotopic (exact) mass is 341 g/mol. The Morgan fingerprint density at radius 2 is 1.64 bits per heavy atom. The third kappa shape index (κ3) is 4.81. The fourth-order valence-corrected chi connectivity index (χ4v) is 2.98. The lowest BCUT2D eigenvalue weighted by Crippen LogP contribution is -2.33. The van der Waals surface area contributed by atoms with Gasteiger partial charge < -0.3 is 10.1 Å². The average Bonchev–Trinajstić information content (AvgIpc) is 3.32. The third-order valence-corrected chi connectivity index (χ3v) is 4.35. The van der Waals surface area contributed by atoms with Crippen LogP contribution < -0.4 is 5.32 Å². The molecule has 0 aliphatic heterocycles. The summed E-state index contributed by atoms with van der Waals surface area (Å²) < 4.78 is 18.3. The summed E-state index contributed by atoms with van der Waals surface area (Å²) in [5.41, 5.74) is 2.89. The first-order valence-electron chi connectivity index (χ1n) is 8.64. The molecule has 3 nitrogen and oxygen atoms in total. The smallest absolute Gasteiger partial charge is 0.407 e. The SMILES string of the molecule is CC(C)(C)OC(=O)NC[C@@H]1C[C@H]1c1ccc(-c2ccc(F)cc2)cc1. The number of hydrogen-bond donors (Lipinski definition) is 1. The molecule has 1 N–H and O–H groups in total. The van der Waals surface area contributed by atoms with Crippen molar-refractivity contribution in [2.45, 2.75) is 38.7 Å². The minimum Gasteiger partial charge on any atom is -0.444 e. The van der Waals surface area contributed by atoms with Gasteiger partial charge in [0.15, 0.2) is 0 Å². The fourth-order valence-electron chi connectivity index (χ4n) is 2.98. The van der Waals surface area contributed by atoms with Gasteiger partial charge in [0.05, 0.1) is 0 Å². The van der Waals surface area contributed by atoms with E-state index in [2.05, 4.69) is 29.6 Å². The van der Waals surface area contributed by atoms with Crippen LogP contribution in [-0.4, -0.2) is 18.2 Å². The Kier molecular flexibility index (Phi) is 4.80. The summed E-state index contributed by atoms with van der Waals surface area (Å²) in [7, 11) is 0. The first-order valence-corrected chi connectivity index (χ1v) is 8.64. The molecule has 1 amide bonds. The van der Waals surface area contributed by atoms with Gasteiger partial charge in [0.25, 0.3) is 0 Å². The second-order valence-electron chi connectivity index (χ2n) is 7.61. The number of ether oxygens (including phenoxy) is 1. The second kappa shape index (κ2) is 6.87. The minimum absolute atomic E-state index is 0.223. The van der Waals surface area contributed by atoms with E-state index in [9.17, 15) is 9.18 Å². The van der Waals surface area contributed by atoms with Crippen molar-refractivity contribution in [3.63, 3.8) is 0 Å². The average molecular weight is 341 g/mol. The number of rotatable bonds is 4. The Hall–Kier alpha value is -2.36. The molecule has 0 radical (unpaired) electrons. The molecular formula is C21H24FNO2. The van der Waals surface area contributed by atoms with Crippen molar-refractivity contribution in [2.24, 2.45) is 5.92 Å². The van der Waals surface area contributed by atoms with Crippen molar-refractivity contribution >= 4 is 6.09 Å². The zero-order chi connectivity index (χ0) is 18.0. The van der Waals surface area contributed by atoms with E-state index in [1.807, 2.05) is 20.8 Å². The maximum atomic E-state index is 13.0. The predicted molar refractivity (Wildman–Crippen MR) is 96.9 cm³/mol. The van der Waals surface area contributed by atoms with E-state index in [0.717, 1.165) is 17.5 Å². The highest BCUT2D eigenvalue weighted by Crippen LogP contribution is 2.47. The zero-order valence-electron chi connectivity index (χ0n) is 14.9. The molecule has 1 aliphatic carbocycles. The Bertz CT molecular complexity index is 732. The van der Waals surface area contributed by atoms with Gasteiger partial charge in [0.2, 0.25) is 0 Å². The molecule has 0 saturated heterocycles. The van der Waals surface area contributed by atoms with Gasteiger partial charge in [-0.1, -0.05) is 36.4 Å². The van der Waals surface area contributed by atoms with Crippen molar-refractivity contribution in [2.75, 3.05) is 6.54 Å². The molecule has 2 aromatic carbocycles. The highest BCUT2D eigenvalue weighted by Gasteiger charge is 2.38. The van der Waals surface area contributed by atoms with Crippen molar-refractivity contribution in [1.29, 1.82) is 0 Å². The first-order chi connectivity index (χ1) is 11.8. The normalized spacial score (nSPS) is 19.4. The van der Waals surface area contributed by atoms with Crippen LogP contribution in [-0.2, 0) is 4.74 Å². The maximum Gasteiger partial charge on any atom is 0.407 e. The first kappa shape index (κ1) is 17.5. The summed E-state index contributed by atoms with van der Waals surface area (Å²) in [4.78, 5) is 11.7. The minimum atomic E-state index is -0.469. The molecule has 4 heteroatoms. The Balaban J connectivity index is 1.52. The van der Waals surface area contributed by atoms with Crippen LogP contribution in [0.2, 0.25) is 0 Å². The second-order valence-corrected chi connectivity index (χ2v) is 7.61. The Morgan fingerprint density at radius 3 is 2.20 bits per heavy atom. The third-order valence-electron chi connectivity index (χ3n) is 4.35. The summed E-state index contributed by atoms with van der Waals surface area (Å²) in [6.45, 7) is 6.21. The molecule has 1 fully saturated rings. The lowest BCUT2D eigenvalue weighted by molar-refractivity contribution is 0.0525. The van der Waals surface area contributed by atoms with Gasteiger partial charge in [-0.3, -0.25) is 0 Å². The largest absolute Gasteiger partial charge is 0.444 e. The molecule has 132 valence electrons. The summed E-state index contributed by atoms with van der Waals surface area (Å²) >= 11 is 0. The number of alkyl carbamates (subject to hydrolysis) is 1. The number of carbonyl (C=O) groups is 1. The summed E-state index contributed by atoms with van der Waals surface area (Å²) in [6.07, 6.45) is 0.718. The molecule has 0 unspecified atom stereocenters. The van der Waals surface area contributed by atoms with Crippen LogP contribution in [0.4, 0.5) is 9.18 Å². The van der Waals surface area contributed by atoms with Crippen molar-refractivity contribution < 1.29 is 13.9 Å². The van der Waals surface area contributed by atoms with Gasteiger partial charge in [-0.15, -0.1) is 0 Å². The highest BCUT2D eigenvalue weighted by atomic mass is 19.1. The van der Waals surface area contributed by atoms with Crippen molar-refractivity contribution in [3.8, 4) is 11.1 Å². The molecular weight excluding hydrogens is 317 g/mol. The number of benzene rings is 2. The van der Waals surface area contributed by atoms with Gasteiger partial charge in [-0.25, -0.2) is 9.18 Å². The van der Waals surface area contributed by atoms with E-state index in [1.165, 1.54) is 17.7 Å². The van der Waals surface area contributed by atoms with Crippen LogP contribution in [0.5, 0.6) is 0 Å². The standard InChI is InChI=1S/C21H24FNO2/c1-21(2,3)25-20(24)23-13-17-12-19(17)16-6-4-14(5-7-16)15-8-10-18(22)11-9-15/h4-11,17,19H,12-13H2,1-3H3,(H,23,24)/t17-,19-/m0/s1. The van der Waals surface area contributed by atoms with Crippen LogP contribution in [0.15, 0.2) is 48.5 Å². The quantitative estimate of drug-likeness (QED) is 0.838. The van der Waals surface area contributed by atoms with Gasteiger partial charge in [-0.05, 0) is 67.9 Å². The van der Waals surface area contributed by atoms with Gasteiger partial charge >= 0.3 is 6.09 Å². The van der Waals surface area contributed by atoms with Crippen LogP contribution in [0, 0.1) is 11.7 Å². The van der Waals surface area contributed by atoms with E-state index < -0.39 is 5.60 Å². The van der Waals surface area contributed by atoms with Gasteiger partial charge in [0, 0.05) is 6.54 Å². The van der Waals surface area contributed by atoms with E-state index >= 15 is 0 Å². The molecule has 0 bridgehead atoms. The van der Waals surface area contributed by atoms with Gasteiger partial charge in [0.1, 0.15) is 11.4 Å². The zero-order valence-corrected chi connectivity index (χ0v) is 14.9. The van der Waals surface area contributed by atoms with E-state index in [0.29, 0.717) is 18.4 Å². The molecule has 0 aromatic heterocycles.